The Balaban J connectivity index is 1.49. The summed E-state index contributed by atoms with van der Waals surface area (Å²) >= 11 is 0. The topological polar surface area (TPSA) is 76.4 Å². The Morgan fingerprint density at radius 1 is 1.17 bits per heavy atom. The fourth-order valence-corrected chi connectivity index (χ4v) is 2.57. The van der Waals surface area contributed by atoms with Gasteiger partial charge in [0.2, 0.25) is 5.89 Å². The molecule has 0 bridgehead atoms. The maximum Gasteiger partial charge on any atom is 0.319 e. The molecule has 0 saturated heterocycles. The SMILES string of the molecule is CC(C)COc1ccccc1NC(=O)NCCc1coc(-c2ccc(F)cc2)n1. The Kier molecular flexibility index (Phi) is 6.84. The number of rotatable bonds is 8. The van der Waals surface area contributed by atoms with Crippen LogP contribution >= 0.6 is 0 Å². The minimum atomic E-state index is -0.326. The van der Waals surface area contributed by atoms with E-state index in [0.29, 0.717) is 54.1 Å². The van der Waals surface area contributed by atoms with Crippen molar-refractivity contribution in [1.82, 2.24) is 10.3 Å². The zero-order valence-corrected chi connectivity index (χ0v) is 16.4. The summed E-state index contributed by atoms with van der Waals surface area (Å²) in [5, 5.41) is 5.59. The molecule has 0 unspecified atom stereocenters. The van der Waals surface area contributed by atoms with Crippen molar-refractivity contribution in [1.29, 1.82) is 0 Å². The van der Waals surface area contributed by atoms with Crippen molar-refractivity contribution in [3.8, 4) is 17.2 Å². The number of anilines is 1. The average Bonchev–Trinajstić information content (AvgIpc) is 3.16. The van der Waals surface area contributed by atoms with E-state index in [9.17, 15) is 9.18 Å². The first-order valence-electron chi connectivity index (χ1n) is 9.48. The summed E-state index contributed by atoms with van der Waals surface area (Å²) in [6.45, 7) is 5.08. The van der Waals surface area contributed by atoms with Gasteiger partial charge in [-0.25, -0.2) is 14.2 Å². The smallest absolute Gasteiger partial charge is 0.319 e. The number of carbonyl (C=O) groups excluding carboxylic acids is 1. The summed E-state index contributed by atoms with van der Waals surface area (Å²) in [6.07, 6.45) is 2.04. The molecule has 2 amide bonds. The Hall–Kier alpha value is -3.35. The van der Waals surface area contributed by atoms with Gasteiger partial charge < -0.3 is 19.8 Å². The Bertz CT molecular complexity index is 938. The van der Waals surface area contributed by atoms with Gasteiger partial charge in [-0.1, -0.05) is 26.0 Å². The molecule has 1 heterocycles. The quantitative estimate of drug-likeness (QED) is 0.568. The van der Waals surface area contributed by atoms with Gasteiger partial charge in [0.1, 0.15) is 17.8 Å². The largest absolute Gasteiger partial charge is 0.491 e. The predicted octanol–water partition coefficient (Wildman–Crippen LogP) is 4.88. The van der Waals surface area contributed by atoms with Crippen LogP contribution in [0.4, 0.5) is 14.9 Å². The predicted molar refractivity (Wildman–Crippen MR) is 109 cm³/mol. The molecule has 0 saturated carbocycles. The number of halogens is 1. The summed E-state index contributed by atoms with van der Waals surface area (Å²) in [4.78, 5) is 16.6. The molecule has 0 aliphatic heterocycles. The first-order chi connectivity index (χ1) is 14.0. The van der Waals surface area contributed by atoms with Crippen LogP contribution in [0.1, 0.15) is 19.5 Å². The van der Waals surface area contributed by atoms with Crippen molar-refractivity contribution in [2.45, 2.75) is 20.3 Å². The number of amides is 2. The molecule has 0 spiro atoms. The zero-order chi connectivity index (χ0) is 20.6. The van der Waals surface area contributed by atoms with Crippen LogP contribution in [0.15, 0.2) is 59.2 Å². The number of hydrogen-bond acceptors (Lipinski definition) is 4. The molecule has 7 heteroatoms. The molecule has 3 aromatic rings. The summed E-state index contributed by atoms with van der Waals surface area (Å²) < 4.78 is 24.2. The molecule has 2 N–H and O–H groups in total. The van der Waals surface area contributed by atoms with Crippen LogP contribution in [0, 0.1) is 11.7 Å². The molecule has 3 rings (SSSR count). The van der Waals surface area contributed by atoms with E-state index in [0.717, 1.165) is 0 Å². The van der Waals surface area contributed by atoms with Crippen LogP contribution in [0.25, 0.3) is 11.5 Å². The maximum atomic E-state index is 13.0. The van der Waals surface area contributed by atoms with Crippen LogP contribution in [0.2, 0.25) is 0 Å². The Labute approximate surface area is 169 Å². The highest BCUT2D eigenvalue weighted by atomic mass is 19.1. The normalized spacial score (nSPS) is 10.8. The number of urea groups is 1. The summed E-state index contributed by atoms with van der Waals surface area (Å²) in [5.41, 5.74) is 2.01. The fraction of sp³-hybridized carbons (Fsp3) is 0.273. The van der Waals surface area contributed by atoms with Gasteiger partial charge in [-0.3, -0.25) is 0 Å². The molecule has 2 aromatic carbocycles. The van der Waals surface area contributed by atoms with E-state index in [2.05, 4.69) is 29.5 Å². The second kappa shape index (κ2) is 9.73. The van der Waals surface area contributed by atoms with Gasteiger partial charge in [0.05, 0.1) is 18.0 Å². The molecule has 0 radical (unpaired) electrons. The summed E-state index contributed by atoms with van der Waals surface area (Å²) in [6, 6.07) is 12.9. The van der Waals surface area contributed by atoms with Crippen LogP contribution in [-0.2, 0) is 6.42 Å². The van der Waals surface area contributed by atoms with Gasteiger partial charge in [-0.15, -0.1) is 0 Å². The lowest BCUT2D eigenvalue weighted by Crippen LogP contribution is -2.30. The number of ether oxygens (including phenoxy) is 1. The molecule has 152 valence electrons. The van der Waals surface area contributed by atoms with Gasteiger partial charge in [0, 0.05) is 18.5 Å². The Morgan fingerprint density at radius 2 is 1.93 bits per heavy atom. The second-order valence-electron chi connectivity index (χ2n) is 6.98. The first kappa shape index (κ1) is 20.4. The van der Waals surface area contributed by atoms with Crippen LogP contribution < -0.4 is 15.4 Å². The first-order valence-corrected chi connectivity index (χ1v) is 9.48. The van der Waals surface area contributed by atoms with E-state index in [4.69, 9.17) is 9.15 Å². The lowest BCUT2D eigenvalue weighted by atomic mass is 10.2. The van der Waals surface area contributed by atoms with E-state index in [1.165, 1.54) is 18.4 Å². The molecular weight excluding hydrogens is 373 g/mol. The minimum absolute atomic E-state index is 0.313. The van der Waals surface area contributed by atoms with Gasteiger partial charge in [-0.05, 0) is 42.3 Å². The lowest BCUT2D eigenvalue weighted by Gasteiger charge is -2.14. The monoisotopic (exact) mass is 397 g/mol. The highest BCUT2D eigenvalue weighted by Crippen LogP contribution is 2.24. The van der Waals surface area contributed by atoms with E-state index in [1.807, 2.05) is 18.2 Å². The fourth-order valence-electron chi connectivity index (χ4n) is 2.57. The molecule has 0 atom stereocenters. The number of carbonyl (C=O) groups is 1. The molecule has 0 aliphatic carbocycles. The molecule has 6 nitrogen and oxygen atoms in total. The summed E-state index contributed by atoms with van der Waals surface area (Å²) in [5.74, 6) is 1.13. The third-order valence-electron chi connectivity index (χ3n) is 4.02. The lowest BCUT2D eigenvalue weighted by molar-refractivity contribution is 0.251. The molecule has 1 aromatic heterocycles. The van der Waals surface area contributed by atoms with Gasteiger partial charge in [0.25, 0.3) is 0 Å². The van der Waals surface area contributed by atoms with Crippen molar-refractivity contribution >= 4 is 11.7 Å². The van der Waals surface area contributed by atoms with Crippen molar-refractivity contribution in [3.63, 3.8) is 0 Å². The molecule has 0 fully saturated rings. The van der Waals surface area contributed by atoms with E-state index >= 15 is 0 Å². The number of aromatic nitrogens is 1. The molecular formula is C22H24FN3O3. The number of nitrogens with one attached hydrogen (secondary N) is 2. The van der Waals surface area contributed by atoms with Crippen molar-refractivity contribution in [2.75, 3.05) is 18.5 Å². The maximum absolute atomic E-state index is 13.0. The number of nitrogens with zero attached hydrogens (tertiary/aromatic N) is 1. The van der Waals surface area contributed by atoms with Crippen molar-refractivity contribution in [2.24, 2.45) is 5.92 Å². The van der Waals surface area contributed by atoms with Gasteiger partial charge in [0.15, 0.2) is 0 Å². The highest BCUT2D eigenvalue weighted by Gasteiger charge is 2.10. The van der Waals surface area contributed by atoms with Crippen LogP contribution in [0.5, 0.6) is 5.75 Å². The second-order valence-corrected chi connectivity index (χ2v) is 6.98. The molecule has 29 heavy (non-hydrogen) atoms. The van der Waals surface area contributed by atoms with Crippen molar-refractivity contribution < 1.29 is 18.3 Å². The minimum Gasteiger partial charge on any atom is -0.491 e. The summed E-state index contributed by atoms with van der Waals surface area (Å²) in [7, 11) is 0. The average molecular weight is 397 g/mol. The van der Waals surface area contributed by atoms with Crippen LogP contribution in [0.3, 0.4) is 0 Å². The third kappa shape index (κ3) is 6.07. The third-order valence-corrected chi connectivity index (χ3v) is 4.02. The van der Waals surface area contributed by atoms with Gasteiger partial charge >= 0.3 is 6.03 Å². The zero-order valence-electron chi connectivity index (χ0n) is 16.4. The number of hydrogen-bond donors (Lipinski definition) is 2. The van der Waals surface area contributed by atoms with Crippen LogP contribution in [-0.4, -0.2) is 24.2 Å². The van der Waals surface area contributed by atoms with Crippen molar-refractivity contribution in [3.05, 3.63) is 66.3 Å². The van der Waals surface area contributed by atoms with E-state index in [-0.39, 0.29) is 11.8 Å². The Morgan fingerprint density at radius 3 is 2.69 bits per heavy atom. The van der Waals surface area contributed by atoms with E-state index in [1.54, 1.807) is 18.2 Å². The standard InChI is InChI=1S/C22H24FN3O3/c1-15(2)13-28-20-6-4-3-5-19(20)26-22(27)24-12-11-18-14-29-21(25-18)16-7-9-17(23)10-8-16/h3-10,14-15H,11-13H2,1-2H3,(H2,24,26,27). The highest BCUT2D eigenvalue weighted by molar-refractivity contribution is 5.90. The van der Waals surface area contributed by atoms with Gasteiger partial charge in [-0.2, -0.15) is 0 Å². The number of para-hydroxylation sites is 2. The molecule has 0 aliphatic rings. The van der Waals surface area contributed by atoms with E-state index < -0.39 is 0 Å². The number of oxazole rings is 1. The number of benzene rings is 2.